The first-order chi connectivity index (χ1) is 8.94. The third kappa shape index (κ3) is 3.52. The van der Waals surface area contributed by atoms with Gasteiger partial charge < -0.3 is 4.74 Å². The summed E-state index contributed by atoms with van der Waals surface area (Å²) >= 11 is 0.914. The lowest BCUT2D eigenvalue weighted by Gasteiger charge is -2.13. The van der Waals surface area contributed by atoms with Crippen molar-refractivity contribution in [1.29, 1.82) is 0 Å². The van der Waals surface area contributed by atoms with Crippen molar-refractivity contribution in [3.05, 3.63) is 11.2 Å². The van der Waals surface area contributed by atoms with Gasteiger partial charge in [-0.15, -0.1) is 11.3 Å². The van der Waals surface area contributed by atoms with Crippen LogP contribution >= 0.6 is 11.3 Å². The average Bonchev–Trinajstić information content (AvgIpc) is 2.98. The molecule has 1 aromatic heterocycles. The molecule has 0 bridgehead atoms. The maximum Gasteiger partial charge on any atom is 0.358 e. The molecular formula is C11H16N2O4S2. The highest BCUT2D eigenvalue weighted by atomic mass is 32.2. The number of hydrogen-bond donors (Lipinski definition) is 1. The Hall–Kier alpha value is -0.990. The largest absolute Gasteiger partial charge is 0.464 e. The molecule has 1 heterocycles. The average molecular weight is 304 g/mol. The van der Waals surface area contributed by atoms with Crippen LogP contribution in [0.15, 0.2) is 9.72 Å². The number of nitrogens with zero attached hydrogens (tertiary/aromatic N) is 1. The molecule has 1 N–H and O–H groups in total. The zero-order valence-corrected chi connectivity index (χ0v) is 12.4. The van der Waals surface area contributed by atoms with Gasteiger partial charge in [0.05, 0.1) is 12.6 Å². The van der Waals surface area contributed by atoms with Gasteiger partial charge in [-0.25, -0.2) is 22.9 Å². The molecule has 106 valence electrons. The van der Waals surface area contributed by atoms with Crippen molar-refractivity contribution in [1.82, 2.24) is 9.71 Å². The first-order valence-electron chi connectivity index (χ1n) is 5.98. The summed E-state index contributed by atoms with van der Waals surface area (Å²) in [6.45, 7) is 1.83. The fourth-order valence-corrected chi connectivity index (χ4v) is 4.28. The molecular weight excluding hydrogens is 288 g/mol. The Bertz CT molecular complexity index is 563. The van der Waals surface area contributed by atoms with Crippen molar-refractivity contribution in [2.45, 2.75) is 36.4 Å². The molecule has 1 atom stereocenters. The van der Waals surface area contributed by atoms with Crippen LogP contribution < -0.4 is 4.72 Å². The molecule has 8 heteroatoms. The number of ether oxygens (including phenoxy) is 1. The third-order valence-electron chi connectivity index (χ3n) is 2.90. The van der Waals surface area contributed by atoms with Gasteiger partial charge in [0, 0.05) is 6.04 Å². The number of aromatic nitrogens is 1. The standard InChI is InChI=1S/C11H16N2O4S2/c1-7(5-8-3-4-8)13-19(15,16)11-9(10(14)17-2)12-6-18-11/h6-8,13H,3-5H2,1-2H3. The van der Waals surface area contributed by atoms with E-state index in [1.807, 2.05) is 6.92 Å². The Morgan fingerprint density at radius 3 is 2.89 bits per heavy atom. The second kappa shape index (κ2) is 5.56. The monoisotopic (exact) mass is 304 g/mol. The lowest BCUT2D eigenvalue weighted by Crippen LogP contribution is -2.33. The van der Waals surface area contributed by atoms with Crippen molar-refractivity contribution >= 4 is 27.3 Å². The van der Waals surface area contributed by atoms with E-state index in [1.165, 1.54) is 25.5 Å². The molecule has 1 saturated carbocycles. The molecule has 0 aromatic carbocycles. The zero-order chi connectivity index (χ0) is 14.0. The van der Waals surface area contributed by atoms with Gasteiger partial charge in [0.25, 0.3) is 10.0 Å². The van der Waals surface area contributed by atoms with Crippen LogP contribution in [-0.4, -0.2) is 32.5 Å². The van der Waals surface area contributed by atoms with E-state index in [-0.39, 0.29) is 15.9 Å². The van der Waals surface area contributed by atoms with Crippen LogP contribution in [0.4, 0.5) is 0 Å². The molecule has 2 rings (SSSR count). The number of hydrogen-bond acceptors (Lipinski definition) is 6. The minimum absolute atomic E-state index is 0.0815. The second-order valence-electron chi connectivity index (χ2n) is 4.68. The van der Waals surface area contributed by atoms with Crippen molar-refractivity contribution in [3.8, 4) is 0 Å². The van der Waals surface area contributed by atoms with E-state index in [9.17, 15) is 13.2 Å². The van der Waals surface area contributed by atoms with Crippen molar-refractivity contribution in [2.75, 3.05) is 7.11 Å². The maximum absolute atomic E-state index is 12.2. The number of thiazole rings is 1. The molecule has 0 saturated heterocycles. The third-order valence-corrected chi connectivity index (χ3v) is 5.86. The quantitative estimate of drug-likeness (QED) is 0.803. The number of esters is 1. The van der Waals surface area contributed by atoms with Crippen molar-refractivity contribution < 1.29 is 17.9 Å². The van der Waals surface area contributed by atoms with Gasteiger partial charge in [-0.2, -0.15) is 0 Å². The number of sulfonamides is 1. The Morgan fingerprint density at radius 2 is 2.32 bits per heavy atom. The highest BCUT2D eigenvalue weighted by molar-refractivity contribution is 7.91. The first kappa shape index (κ1) is 14.4. The predicted molar refractivity (Wildman–Crippen MR) is 70.6 cm³/mol. The summed E-state index contributed by atoms with van der Waals surface area (Å²) in [6, 6.07) is -0.148. The van der Waals surface area contributed by atoms with Gasteiger partial charge in [-0.1, -0.05) is 12.8 Å². The second-order valence-corrected chi connectivity index (χ2v) is 7.45. The summed E-state index contributed by atoms with van der Waals surface area (Å²) in [5, 5.41) is 0. The van der Waals surface area contributed by atoms with E-state index in [4.69, 9.17) is 0 Å². The minimum Gasteiger partial charge on any atom is -0.464 e. The zero-order valence-electron chi connectivity index (χ0n) is 10.8. The summed E-state index contributed by atoms with van der Waals surface area (Å²) in [4.78, 5) is 15.2. The van der Waals surface area contributed by atoms with Crippen LogP contribution in [0.3, 0.4) is 0 Å². The molecule has 0 radical (unpaired) electrons. The summed E-state index contributed by atoms with van der Waals surface area (Å²) in [6.07, 6.45) is 3.16. The van der Waals surface area contributed by atoms with Gasteiger partial charge in [0.2, 0.25) is 0 Å². The van der Waals surface area contributed by atoms with E-state index in [0.29, 0.717) is 5.92 Å². The molecule has 1 aliphatic carbocycles. The molecule has 0 aliphatic heterocycles. The maximum atomic E-state index is 12.2. The molecule has 0 spiro atoms. The number of rotatable bonds is 6. The van der Waals surface area contributed by atoms with Gasteiger partial charge in [0.1, 0.15) is 0 Å². The summed E-state index contributed by atoms with van der Waals surface area (Å²) in [5.41, 5.74) is 1.17. The smallest absolute Gasteiger partial charge is 0.358 e. The normalized spacial score (nSPS) is 17.2. The van der Waals surface area contributed by atoms with Gasteiger partial charge in [-0.05, 0) is 19.3 Å². The lowest BCUT2D eigenvalue weighted by molar-refractivity contribution is 0.0590. The SMILES string of the molecule is COC(=O)c1ncsc1S(=O)(=O)NC(C)CC1CC1. The number of carbonyl (C=O) groups is 1. The van der Waals surface area contributed by atoms with E-state index < -0.39 is 16.0 Å². The van der Waals surface area contributed by atoms with Gasteiger partial charge in [-0.3, -0.25) is 0 Å². The molecule has 19 heavy (non-hydrogen) atoms. The minimum atomic E-state index is -3.71. The molecule has 1 aromatic rings. The van der Waals surface area contributed by atoms with E-state index in [2.05, 4.69) is 14.4 Å². The van der Waals surface area contributed by atoms with E-state index >= 15 is 0 Å². The summed E-state index contributed by atoms with van der Waals surface area (Å²) < 4.78 is 31.4. The fourth-order valence-electron chi connectivity index (χ4n) is 1.88. The van der Waals surface area contributed by atoms with E-state index in [1.54, 1.807) is 0 Å². The highest BCUT2D eigenvalue weighted by Gasteiger charge is 2.30. The van der Waals surface area contributed by atoms with Gasteiger partial charge in [0.15, 0.2) is 9.90 Å². The summed E-state index contributed by atoms with van der Waals surface area (Å²) in [7, 11) is -2.52. The highest BCUT2D eigenvalue weighted by Crippen LogP contribution is 2.33. The van der Waals surface area contributed by atoms with Crippen LogP contribution in [0.1, 0.15) is 36.7 Å². The fraction of sp³-hybridized carbons (Fsp3) is 0.636. The molecule has 0 amide bonds. The van der Waals surface area contributed by atoms with Gasteiger partial charge >= 0.3 is 5.97 Å². The Balaban J connectivity index is 2.14. The number of methoxy groups -OCH3 is 1. The molecule has 1 aliphatic rings. The first-order valence-corrected chi connectivity index (χ1v) is 8.34. The van der Waals surface area contributed by atoms with Crippen molar-refractivity contribution in [2.24, 2.45) is 5.92 Å². The van der Waals surface area contributed by atoms with Crippen LogP contribution in [-0.2, 0) is 14.8 Å². The van der Waals surface area contributed by atoms with Crippen LogP contribution in [0.5, 0.6) is 0 Å². The Labute approximate surface area is 116 Å². The predicted octanol–water partition coefficient (Wildman–Crippen LogP) is 1.40. The Morgan fingerprint density at radius 1 is 1.63 bits per heavy atom. The molecule has 1 unspecified atom stereocenters. The van der Waals surface area contributed by atoms with Crippen LogP contribution in [0.25, 0.3) is 0 Å². The van der Waals surface area contributed by atoms with E-state index in [0.717, 1.165) is 17.8 Å². The van der Waals surface area contributed by atoms with Crippen LogP contribution in [0.2, 0.25) is 0 Å². The lowest BCUT2D eigenvalue weighted by atomic mass is 10.2. The van der Waals surface area contributed by atoms with Crippen molar-refractivity contribution in [3.63, 3.8) is 0 Å². The topological polar surface area (TPSA) is 85.4 Å². The molecule has 1 fully saturated rings. The number of nitrogens with one attached hydrogen (secondary N) is 1. The summed E-state index contributed by atoms with van der Waals surface area (Å²) in [5.74, 6) is -0.115. The number of carbonyl (C=O) groups excluding carboxylic acids is 1. The Kier molecular flexibility index (Phi) is 4.22. The molecule has 6 nitrogen and oxygen atoms in total. The van der Waals surface area contributed by atoms with Crippen LogP contribution in [0, 0.1) is 5.92 Å².